The van der Waals surface area contributed by atoms with E-state index in [4.69, 9.17) is 4.42 Å². The van der Waals surface area contributed by atoms with Gasteiger partial charge in [-0.25, -0.2) is 0 Å². The summed E-state index contributed by atoms with van der Waals surface area (Å²) in [6.45, 7) is 2.51. The maximum Gasteiger partial charge on any atom is 0.252 e. The lowest BCUT2D eigenvalue weighted by Gasteiger charge is -2.09. The molecule has 1 amide bonds. The molecular formula is C19H18N2O2S. The first-order valence-electron chi connectivity index (χ1n) is 7.74. The van der Waals surface area contributed by atoms with Crippen molar-refractivity contribution >= 4 is 17.7 Å². The number of nitrogens with one attached hydrogen (secondary N) is 1. The van der Waals surface area contributed by atoms with Crippen LogP contribution in [-0.4, -0.2) is 16.6 Å². The van der Waals surface area contributed by atoms with Gasteiger partial charge in [-0.05, 0) is 35.6 Å². The summed E-state index contributed by atoms with van der Waals surface area (Å²) in [6.07, 6.45) is 6.85. The van der Waals surface area contributed by atoms with Gasteiger partial charge in [-0.3, -0.25) is 9.78 Å². The van der Waals surface area contributed by atoms with Gasteiger partial charge in [-0.15, -0.1) is 11.8 Å². The Kier molecular flexibility index (Phi) is 5.33. The third kappa shape index (κ3) is 3.86. The molecule has 122 valence electrons. The van der Waals surface area contributed by atoms with E-state index >= 15 is 0 Å². The highest BCUT2D eigenvalue weighted by atomic mass is 32.2. The number of furan rings is 1. The van der Waals surface area contributed by atoms with Gasteiger partial charge in [-0.2, -0.15) is 0 Å². The minimum atomic E-state index is -0.0692. The molecule has 3 rings (SSSR count). The van der Waals surface area contributed by atoms with Crippen LogP contribution in [0.3, 0.4) is 0 Å². The lowest BCUT2D eigenvalue weighted by Crippen LogP contribution is -2.23. The fraction of sp³-hybridized carbons (Fsp3) is 0.158. The summed E-state index contributed by atoms with van der Waals surface area (Å²) in [5.74, 6) is 0.862. The predicted octanol–water partition coefficient (Wildman–Crippen LogP) is 4.38. The van der Waals surface area contributed by atoms with Crippen molar-refractivity contribution < 1.29 is 9.21 Å². The number of hydrogen-bond donors (Lipinski definition) is 1. The van der Waals surface area contributed by atoms with Crippen molar-refractivity contribution in [1.82, 2.24) is 10.3 Å². The molecule has 0 saturated heterocycles. The molecule has 0 atom stereocenters. The molecule has 0 bridgehead atoms. The Balaban J connectivity index is 1.70. The molecule has 0 spiro atoms. The van der Waals surface area contributed by atoms with Gasteiger partial charge in [0.1, 0.15) is 0 Å². The first-order chi connectivity index (χ1) is 11.8. The number of carbonyl (C=O) groups is 1. The third-order valence-electron chi connectivity index (χ3n) is 3.53. The molecule has 0 aliphatic carbocycles. The molecule has 3 aromatic rings. The van der Waals surface area contributed by atoms with Crippen LogP contribution in [0.25, 0.3) is 11.1 Å². The largest absolute Gasteiger partial charge is 0.472 e. The molecule has 24 heavy (non-hydrogen) atoms. The van der Waals surface area contributed by atoms with E-state index in [-0.39, 0.29) is 5.91 Å². The van der Waals surface area contributed by atoms with Gasteiger partial charge >= 0.3 is 0 Å². The first kappa shape index (κ1) is 16.3. The highest BCUT2D eigenvalue weighted by Gasteiger charge is 2.11. The monoisotopic (exact) mass is 338 g/mol. The van der Waals surface area contributed by atoms with Crippen LogP contribution in [-0.2, 0) is 6.54 Å². The molecule has 0 aliphatic rings. The Morgan fingerprint density at radius 3 is 2.88 bits per heavy atom. The number of amides is 1. The van der Waals surface area contributed by atoms with Gasteiger partial charge in [0.15, 0.2) is 0 Å². The number of carbonyl (C=O) groups excluding carboxylic acids is 1. The summed E-state index contributed by atoms with van der Waals surface area (Å²) < 4.78 is 5.10. The van der Waals surface area contributed by atoms with Crippen LogP contribution in [0.2, 0.25) is 0 Å². The number of hydrogen-bond acceptors (Lipinski definition) is 4. The average molecular weight is 338 g/mol. The summed E-state index contributed by atoms with van der Waals surface area (Å²) in [6, 6.07) is 11.6. The lowest BCUT2D eigenvalue weighted by atomic mass is 10.1. The van der Waals surface area contributed by atoms with Crippen molar-refractivity contribution in [3.05, 3.63) is 72.4 Å². The Morgan fingerprint density at radius 1 is 1.21 bits per heavy atom. The fourth-order valence-corrected chi connectivity index (χ4v) is 3.19. The number of pyridine rings is 1. The molecule has 4 nitrogen and oxygen atoms in total. The molecule has 0 aliphatic heterocycles. The lowest BCUT2D eigenvalue weighted by molar-refractivity contribution is 0.0948. The summed E-state index contributed by atoms with van der Waals surface area (Å²) >= 11 is 1.67. The minimum absolute atomic E-state index is 0.0692. The van der Waals surface area contributed by atoms with Crippen molar-refractivity contribution in [1.29, 1.82) is 0 Å². The van der Waals surface area contributed by atoms with Crippen molar-refractivity contribution in [2.75, 3.05) is 5.75 Å². The van der Waals surface area contributed by atoms with E-state index in [9.17, 15) is 4.79 Å². The Bertz CT molecular complexity index is 816. The Hall–Kier alpha value is -2.53. The Morgan fingerprint density at radius 2 is 2.08 bits per heavy atom. The summed E-state index contributed by atoms with van der Waals surface area (Å²) in [5.41, 5.74) is 3.60. The van der Waals surface area contributed by atoms with E-state index in [0.29, 0.717) is 12.1 Å². The predicted molar refractivity (Wildman–Crippen MR) is 95.9 cm³/mol. The zero-order valence-corrected chi connectivity index (χ0v) is 14.2. The van der Waals surface area contributed by atoms with E-state index in [0.717, 1.165) is 27.3 Å². The number of rotatable bonds is 6. The molecule has 2 heterocycles. The second-order valence-electron chi connectivity index (χ2n) is 5.21. The standard InChI is InChI=1S/C19H18N2O2S/c1-2-24-18-6-4-3-5-17(18)19(22)21-11-14-9-16(12-20-10-14)15-7-8-23-13-15/h3-10,12-13H,2,11H2,1H3,(H,21,22). The van der Waals surface area contributed by atoms with Gasteiger partial charge in [0.2, 0.25) is 0 Å². The maximum absolute atomic E-state index is 12.5. The second kappa shape index (κ2) is 7.84. The van der Waals surface area contributed by atoms with Gasteiger partial charge in [0.25, 0.3) is 5.91 Å². The second-order valence-corrected chi connectivity index (χ2v) is 6.51. The van der Waals surface area contributed by atoms with Gasteiger partial charge < -0.3 is 9.73 Å². The van der Waals surface area contributed by atoms with Crippen LogP contribution >= 0.6 is 11.8 Å². The van der Waals surface area contributed by atoms with Gasteiger partial charge in [-0.1, -0.05) is 19.1 Å². The number of nitrogens with zero attached hydrogens (tertiary/aromatic N) is 1. The van der Waals surface area contributed by atoms with E-state index in [1.165, 1.54) is 0 Å². The van der Waals surface area contributed by atoms with Crippen LogP contribution in [0.5, 0.6) is 0 Å². The molecule has 0 fully saturated rings. The van der Waals surface area contributed by atoms with Crippen LogP contribution in [0.1, 0.15) is 22.8 Å². The van der Waals surface area contributed by atoms with E-state index in [1.807, 2.05) is 36.4 Å². The molecule has 2 aromatic heterocycles. The number of benzene rings is 1. The van der Waals surface area contributed by atoms with E-state index < -0.39 is 0 Å². The zero-order valence-electron chi connectivity index (χ0n) is 13.4. The van der Waals surface area contributed by atoms with Crippen LogP contribution in [0.15, 0.2) is 70.6 Å². The van der Waals surface area contributed by atoms with Gasteiger partial charge in [0, 0.05) is 35.0 Å². The van der Waals surface area contributed by atoms with Crippen LogP contribution in [0.4, 0.5) is 0 Å². The van der Waals surface area contributed by atoms with E-state index in [2.05, 4.69) is 17.2 Å². The topological polar surface area (TPSA) is 55.1 Å². The third-order valence-corrected chi connectivity index (χ3v) is 4.49. The SMILES string of the molecule is CCSc1ccccc1C(=O)NCc1cncc(-c2ccoc2)c1. The van der Waals surface area contributed by atoms with Gasteiger partial charge in [0.05, 0.1) is 18.1 Å². The fourth-order valence-electron chi connectivity index (χ4n) is 2.38. The van der Waals surface area contributed by atoms with Crippen molar-refractivity contribution in [3.8, 4) is 11.1 Å². The van der Waals surface area contributed by atoms with Crippen molar-refractivity contribution in [2.45, 2.75) is 18.4 Å². The average Bonchev–Trinajstić information content (AvgIpc) is 3.15. The van der Waals surface area contributed by atoms with Crippen LogP contribution in [0, 0.1) is 0 Å². The smallest absolute Gasteiger partial charge is 0.252 e. The molecule has 5 heteroatoms. The minimum Gasteiger partial charge on any atom is -0.472 e. The number of thioether (sulfide) groups is 1. The molecule has 0 unspecified atom stereocenters. The van der Waals surface area contributed by atoms with Crippen LogP contribution < -0.4 is 5.32 Å². The Labute approximate surface area is 145 Å². The summed E-state index contributed by atoms with van der Waals surface area (Å²) in [4.78, 5) is 17.7. The highest BCUT2D eigenvalue weighted by molar-refractivity contribution is 7.99. The van der Waals surface area contributed by atoms with Crippen molar-refractivity contribution in [3.63, 3.8) is 0 Å². The number of aromatic nitrogens is 1. The quantitative estimate of drug-likeness (QED) is 0.678. The molecule has 0 saturated carbocycles. The molecule has 1 N–H and O–H groups in total. The molecular weight excluding hydrogens is 320 g/mol. The normalized spacial score (nSPS) is 10.5. The van der Waals surface area contributed by atoms with E-state index in [1.54, 1.807) is 36.7 Å². The first-order valence-corrected chi connectivity index (χ1v) is 8.73. The van der Waals surface area contributed by atoms with Crippen molar-refractivity contribution in [2.24, 2.45) is 0 Å². The highest BCUT2D eigenvalue weighted by Crippen LogP contribution is 2.22. The maximum atomic E-state index is 12.5. The molecule has 0 radical (unpaired) electrons. The zero-order chi connectivity index (χ0) is 16.8. The summed E-state index contributed by atoms with van der Waals surface area (Å²) in [7, 11) is 0. The molecule has 1 aromatic carbocycles. The summed E-state index contributed by atoms with van der Waals surface area (Å²) in [5, 5.41) is 2.97.